The number of amides is 2. The largest absolute Gasteiger partial charge is 0.496 e. The van der Waals surface area contributed by atoms with Gasteiger partial charge in [0.25, 0.3) is 0 Å². The Balaban J connectivity index is 2.31. The Morgan fingerprint density at radius 1 is 0.857 bits per heavy atom. The van der Waals surface area contributed by atoms with Crippen molar-refractivity contribution < 1.29 is 33.3 Å². The van der Waals surface area contributed by atoms with E-state index < -0.39 is 11.8 Å². The monoisotopic (exact) mass is 484 g/mol. The molecule has 0 radical (unpaired) electrons. The molecule has 0 aliphatic heterocycles. The number of benzene rings is 2. The lowest BCUT2D eigenvalue weighted by Gasteiger charge is -2.17. The van der Waals surface area contributed by atoms with Crippen LogP contribution in [0.25, 0.3) is 6.08 Å². The van der Waals surface area contributed by atoms with Crippen molar-refractivity contribution in [2.75, 3.05) is 28.4 Å². The number of unbranched alkanes of at least 4 members (excludes halogenated alkanes) is 1. The summed E-state index contributed by atoms with van der Waals surface area (Å²) in [4.78, 5) is 36.0. The fourth-order valence-corrected chi connectivity index (χ4v) is 3.72. The predicted octanol–water partition coefficient (Wildman–Crippen LogP) is 3.23. The van der Waals surface area contributed by atoms with Gasteiger partial charge in [0, 0.05) is 17.5 Å². The molecule has 0 saturated heterocycles. The van der Waals surface area contributed by atoms with Gasteiger partial charge in [-0.15, -0.1) is 0 Å². The average molecular weight is 485 g/mol. The molecule has 0 saturated carbocycles. The highest BCUT2D eigenvalue weighted by atomic mass is 16.5. The number of allylic oxidation sites excluding steroid dienone is 1. The standard InChI is InChI=1S/C26H32N2O7/c1-32-21-12-10-16(13-19(21)18(26(28)31)7-5-6-8-24(27)30)9-11-20(29)17-14-22(33-2)25(35-4)23(15-17)34-3/h9-15,18H,5-8H2,1-4H3,(H2,27,30)(H2,28,31)/b11-9+. The van der Waals surface area contributed by atoms with Crippen molar-refractivity contribution in [1.29, 1.82) is 0 Å². The van der Waals surface area contributed by atoms with Crippen molar-refractivity contribution in [3.63, 3.8) is 0 Å². The van der Waals surface area contributed by atoms with E-state index in [1.165, 1.54) is 34.5 Å². The zero-order valence-electron chi connectivity index (χ0n) is 20.5. The minimum atomic E-state index is -0.614. The van der Waals surface area contributed by atoms with E-state index in [9.17, 15) is 14.4 Å². The molecule has 9 nitrogen and oxygen atoms in total. The molecule has 188 valence electrons. The summed E-state index contributed by atoms with van der Waals surface area (Å²) in [5.41, 5.74) is 12.5. The van der Waals surface area contributed by atoms with Crippen LogP contribution in [0.1, 0.15) is 53.1 Å². The van der Waals surface area contributed by atoms with E-state index >= 15 is 0 Å². The average Bonchev–Trinajstić information content (AvgIpc) is 2.85. The first kappa shape index (κ1) is 27.2. The summed E-state index contributed by atoms with van der Waals surface area (Å²) in [6.45, 7) is 0. The van der Waals surface area contributed by atoms with Crippen LogP contribution in [-0.4, -0.2) is 46.0 Å². The molecule has 0 spiro atoms. The van der Waals surface area contributed by atoms with Crippen molar-refractivity contribution in [3.05, 3.63) is 53.1 Å². The molecule has 0 aliphatic carbocycles. The van der Waals surface area contributed by atoms with Crippen molar-refractivity contribution in [1.82, 2.24) is 0 Å². The molecule has 0 aliphatic rings. The summed E-state index contributed by atoms with van der Waals surface area (Å²) < 4.78 is 21.3. The van der Waals surface area contributed by atoms with Crippen molar-refractivity contribution in [2.24, 2.45) is 11.5 Å². The first-order chi connectivity index (χ1) is 16.7. The molecule has 1 unspecified atom stereocenters. The molecule has 0 heterocycles. The Kier molecular flexibility index (Phi) is 10.1. The summed E-state index contributed by atoms with van der Waals surface area (Å²) in [6, 6.07) is 8.40. The summed E-state index contributed by atoms with van der Waals surface area (Å²) in [7, 11) is 5.94. The zero-order valence-corrected chi connectivity index (χ0v) is 20.5. The number of carbonyl (C=O) groups excluding carboxylic acids is 3. The lowest BCUT2D eigenvalue weighted by atomic mass is 9.90. The SMILES string of the molecule is COc1ccc(/C=C/C(=O)c2cc(OC)c(OC)c(OC)c2)cc1C(CCCCC(N)=O)C(N)=O. The number of rotatable bonds is 14. The Bertz CT molecular complexity index is 1070. The van der Waals surface area contributed by atoms with Gasteiger partial charge in [-0.1, -0.05) is 18.6 Å². The maximum absolute atomic E-state index is 12.9. The van der Waals surface area contributed by atoms with Crippen molar-refractivity contribution >= 4 is 23.7 Å². The van der Waals surface area contributed by atoms with E-state index in [2.05, 4.69) is 0 Å². The molecule has 0 aromatic heterocycles. The lowest BCUT2D eigenvalue weighted by Crippen LogP contribution is -2.22. The van der Waals surface area contributed by atoms with Gasteiger partial charge in [-0.3, -0.25) is 14.4 Å². The summed E-state index contributed by atoms with van der Waals surface area (Å²) in [5.74, 6) is -0.136. The number of methoxy groups -OCH3 is 4. The molecule has 9 heteroatoms. The number of hydrogen-bond donors (Lipinski definition) is 2. The van der Waals surface area contributed by atoms with Gasteiger partial charge in [0.05, 0.1) is 34.4 Å². The van der Waals surface area contributed by atoms with Crippen LogP contribution in [0.2, 0.25) is 0 Å². The number of ketones is 1. The molecule has 2 amide bonds. The lowest BCUT2D eigenvalue weighted by molar-refractivity contribution is -0.119. The Hall–Kier alpha value is -4.01. The van der Waals surface area contributed by atoms with E-state index in [-0.39, 0.29) is 18.1 Å². The second-order valence-corrected chi connectivity index (χ2v) is 7.78. The normalized spacial score (nSPS) is 11.7. The minimum absolute atomic E-state index is 0.244. The van der Waals surface area contributed by atoms with E-state index in [4.69, 9.17) is 30.4 Å². The Morgan fingerprint density at radius 3 is 2.00 bits per heavy atom. The van der Waals surface area contributed by atoms with Crippen LogP contribution in [0, 0.1) is 0 Å². The first-order valence-corrected chi connectivity index (χ1v) is 11.0. The highest BCUT2D eigenvalue weighted by Crippen LogP contribution is 2.38. The van der Waals surface area contributed by atoms with E-state index in [1.54, 1.807) is 36.4 Å². The Labute approximate surface area is 205 Å². The smallest absolute Gasteiger partial charge is 0.225 e. The number of ether oxygens (including phenoxy) is 4. The van der Waals surface area contributed by atoms with Crippen LogP contribution in [0.3, 0.4) is 0 Å². The molecular formula is C26H32N2O7. The van der Waals surface area contributed by atoms with E-state index in [0.29, 0.717) is 59.0 Å². The third kappa shape index (κ3) is 7.23. The number of nitrogens with two attached hydrogens (primary N) is 2. The quantitative estimate of drug-likeness (QED) is 0.238. The number of primary amides is 2. The summed E-state index contributed by atoms with van der Waals surface area (Å²) in [5, 5.41) is 0. The van der Waals surface area contributed by atoms with Crippen LogP contribution in [0.5, 0.6) is 23.0 Å². The maximum atomic E-state index is 12.9. The van der Waals surface area contributed by atoms with Gasteiger partial charge in [-0.05, 0) is 48.7 Å². The van der Waals surface area contributed by atoms with E-state index in [1.807, 2.05) is 0 Å². The van der Waals surface area contributed by atoms with Gasteiger partial charge in [-0.25, -0.2) is 0 Å². The van der Waals surface area contributed by atoms with Crippen LogP contribution in [0.15, 0.2) is 36.4 Å². The Morgan fingerprint density at radius 2 is 1.49 bits per heavy atom. The van der Waals surface area contributed by atoms with E-state index in [0.717, 1.165) is 0 Å². The third-order valence-electron chi connectivity index (χ3n) is 5.51. The second kappa shape index (κ2) is 13.0. The van der Waals surface area contributed by atoms with Gasteiger partial charge in [-0.2, -0.15) is 0 Å². The highest BCUT2D eigenvalue weighted by Gasteiger charge is 2.22. The van der Waals surface area contributed by atoms with Crippen LogP contribution in [-0.2, 0) is 9.59 Å². The molecule has 2 aromatic rings. The van der Waals surface area contributed by atoms with Crippen LogP contribution in [0.4, 0.5) is 0 Å². The highest BCUT2D eigenvalue weighted by molar-refractivity contribution is 6.07. The van der Waals surface area contributed by atoms with Gasteiger partial charge >= 0.3 is 0 Å². The molecule has 0 bridgehead atoms. The molecule has 4 N–H and O–H groups in total. The molecule has 2 aromatic carbocycles. The summed E-state index contributed by atoms with van der Waals surface area (Å²) >= 11 is 0. The molecule has 35 heavy (non-hydrogen) atoms. The fourth-order valence-electron chi connectivity index (χ4n) is 3.72. The second-order valence-electron chi connectivity index (χ2n) is 7.78. The fraction of sp³-hybridized carbons (Fsp3) is 0.346. The van der Waals surface area contributed by atoms with Gasteiger partial charge in [0.2, 0.25) is 17.6 Å². The van der Waals surface area contributed by atoms with Gasteiger partial charge in [0.1, 0.15) is 5.75 Å². The van der Waals surface area contributed by atoms with Crippen molar-refractivity contribution in [3.8, 4) is 23.0 Å². The number of carbonyl (C=O) groups is 3. The topological polar surface area (TPSA) is 140 Å². The minimum Gasteiger partial charge on any atom is -0.496 e. The molecular weight excluding hydrogens is 452 g/mol. The van der Waals surface area contributed by atoms with Crippen molar-refractivity contribution in [2.45, 2.75) is 31.6 Å². The maximum Gasteiger partial charge on any atom is 0.225 e. The molecule has 0 fully saturated rings. The summed E-state index contributed by atoms with van der Waals surface area (Å²) in [6.07, 6.45) is 4.90. The molecule has 2 rings (SSSR count). The molecule has 1 atom stereocenters. The predicted molar refractivity (Wildman–Crippen MR) is 132 cm³/mol. The van der Waals surface area contributed by atoms with Crippen LogP contribution >= 0.6 is 0 Å². The third-order valence-corrected chi connectivity index (χ3v) is 5.51. The van der Waals surface area contributed by atoms with Gasteiger partial charge in [0.15, 0.2) is 17.3 Å². The first-order valence-electron chi connectivity index (χ1n) is 11.0. The van der Waals surface area contributed by atoms with Gasteiger partial charge < -0.3 is 30.4 Å². The zero-order chi connectivity index (χ0) is 26.0. The van der Waals surface area contributed by atoms with Crippen LogP contribution < -0.4 is 30.4 Å². The number of hydrogen-bond acceptors (Lipinski definition) is 7.